The van der Waals surface area contributed by atoms with Crippen molar-refractivity contribution in [2.75, 3.05) is 11.5 Å². The highest BCUT2D eigenvalue weighted by atomic mass is 32.2. The minimum Gasteiger partial charge on any atom is -0.508 e. The molecule has 0 amide bonds. The maximum atomic E-state index is 9.65. The van der Waals surface area contributed by atoms with Gasteiger partial charge in [0.1, 0.15) is 11.5 Å². The maximum Gasteiger partial charge on any atom is 0.121 e. The topological polar surface area (TPSA) is 40.5 Å². The Morgan fingerprint density at radius 1 is 1.14 bits per heavy atom. The molecule has 2 rings (SSSR count). The van der Waals surface area contributed by atoms with Crippen molar-refractivity contribution >= 4 is 23.5 Å². The van der Waals surface area contributed by atoms with Gasteiger partial charge in [-0.05, 0) is 36.1 Å². The predicted octanol–water partition coefficient (Wildman–Crippen LogP) is 2.97. The fourth-order valence-corrected chi connectivity index (χ4v) is 4.33. The molecule has 2 N–H and O–H groups in total. The van der Waals surface area contributed by atoms with Gasteiger partial charge in [0.25, 0.3) is 0 Å². The lowest BCUT2D eigenvalue weighted by molar-refractivity contribution is 0.456. The molecular formula is C10H12O2S2. The van der Waals surface area contributed by atoms with Crippen molar-refractivity contribution in [3.05, 3.63) is 23.8 Å². The molecule has 0 aromatic heterocycles. The Morgan fingerprint density at radius 3 is 2.57 bits per heavy atom. The highest BCUT2D eigenvalue weighted by Crippen LogP contribution is 2.47. The number of benzene rings is 1. The molecule has 0 aliphatic carbocycles. The largest absolute Gasteiger partial charge is 0.508 e. The average Bonchev–Trinajstić information content (AvgIpc) is 2.23. The number of aromatic hydroxyl groups is 2. The van der Waals surface area contributed by atoms with E-state index >= 15 is 0 Å². The van der Waals surface area contributed by atoms with Crippen LogP contribution in [0.25, 0.3) is 0 Å². The van der Waals surface area contributed by atoms with Crippen molar-refractivity contribution in [2.24, 2.45) is 0 Å². The lowest BCUT2D eigenvalue weighted by Gasteiger charge is -2.21. The molecule has 4 heteroatoms. The Balaban J connectivity index is 2.24. The van der Waals surface area contributed by atoms with Crippen molar-refractivity contribution in [1.29, 1.82) is 0 Å². The van der Waals surface area contributed by atoms with E-state index in [2.05, 4.69) is 0 Å². The second-order valence-electron chi connectivity index (χ2n) is 3.17. The van der Waals surface area contributed by atoms with Crippen LogP contribution in [0.2, 0.25) is 0 Å². The SMILES string of the molecule is Oc1ccc(O)c(C2SCCCS2)c1. The normalized spacial score (nSPS) is 18.3. The smallest absolute Gasteiger partial charge is 0.121 e. The van der Waals surface area contributed by atoms with Crippen LogP contribution in [0.1, 0.15) is 16.6 Å². The van der Waals surface area contributed by atoms with Crippen LogP contribution >= 0.6 is 23.5 Å². The average molecular weight is 228 g/mol. The molecule has 0 bridgehead atoms. The van der Waals surface area contributed by atoms with Gasteiger partial charge in [0.15, 0.2) is 0 Å². The molecule has 2 nitrogen and oxygen atoms in total. The molecule has 0 spiro atoms. The lowest BCUT2D eigenvalue weighted by Crippen LogP contribution is -2.00. The molecule has 76 valence electrons. The van der Waals surface area contributed by atoms with E-state index in [0.29, 0.717) is 0 Å². The molecule has 1 heterocycles. The van der Waals surface area contributed by atoms with E-state index in [0.717, 1.165) is 17.1 Å². The van der Waals surface area contributed by atoms with Crippen LogP contribution < -0.4 is 0 Å². The standard InChI is InChI=1S/C10H12O2S2/c11-7-2-3-9(12)8(6-7)10-13-4-1-5-14-10/h2-3,6,10-12H,1,4-5H2. The Bertz CT molecular complexity index is 322. The van der Waals surface area contributed by atoms with Crippen LogP contribution in [0, 0.1) is 0 Å². The number of phenols is 2. The third kappa shape index (κ3) is 2.12. The Morgan fingerprint density at radius 2 is 1.86 bits per heavy atom. The van der Waals surface area contributed by atoms with Crippen molar-refractivity contribution in [3.8, 4) is 11.5 Å². The van der Waals surface area contributed by atoms with E-state index in [1.54, 1.807) is 12.1 Å². The summed E-state index contributed by atoms with van der Waals surface area (Å²) in [6, 6.07) is 4.72. The van der Waals surface area contributed by atoms with Crippen LogP contribution in [0.4, 0.5) is 0 Å². The summed E-state index contributed by atoms with van der Waals surface area (Å²) in [5.74, 6) is 2.78. The van der Waals surface area contributed by atoms with Gasteiger partial charge in [-0.1, -0.05) is 0 Å². The third-order valence-corrected chi connectivity index (χ3v) is 5.07. The Labute approximate surface area is 91.7 Å². The van der Waals surface area contributed by atoms with E-state index in [1.807, 2.05) is 23.5 Å². The summed E-state index contributed by atoms with van der Waals surface area (Å²) >= 11 is 3.66. The number of thioether (sulfide) groups is 2. The number of hydrogen-bond acceptors (Lipinski definition) is 4. The first-order valence-electron chi connectivity index (χ1n) is 4.52. The zero-order valence-electron chi connectivity index (χ0n) is 7.64. The Hall–Kier alpha value is -0.480. The third-order valence-electron chi connectivity index (χ3n) is 2.09. The summed E-state index contributed by atoms with van der Waals surface area (Å²) in [4.78, 5) is 0. The molecule has 1 saturated heterocycles. The predicted molar refractivity (Wildman–Crippen MR) is 62.0 cm³/mol. The molecule has 0 atom stereocenters. The summed E-state index contributed by atoms with van der Waals surface area (Å²) < 4.78 is 0.274. The molecule has 0 saturated carbocycles. The van der Waals surface area contributed by atoms with Crippen LogP contribution in [0.15, 0.2) is 18.2 Å². The van der Waals surface area contributed by atoms with Gasteiger partial charge in [-0.25, -0.2) is 0 Å². The van der Waals surface area contributed by atoms with Crippen molar-refractivity contribution in [3.63, 3.8) is 0 Å². The molecule has 0 unspecified atom stereocenters. The molecule has 1 fully saturated rings. The second-order valence-corrected chi connectivity index (χ2v) is 5.89. The van der Waals surface area contributed by atoms with E-state index in [4.69, 9.17) is 0 Å². The molecule has 14 heavy (non-hydrogen) atoms. The minimum absolute atomic E-state index is 0.226. The molecule has 1 aromatic carbocycles. The molecule has 1 aromatic rings. The summed E-state index contributed by atoms with van der Waals surface area (Å²) in [5.41, 5.74) is 0.847. The Kier molecular flexibility index (Phi) is 3.13. The van der Waals surface area contributed by atoms with Crippen LogP contribution in [0.3, 0.4) is 0 Å². The number of rotatable bonds is 1. The van der Waals surface area contributed by atoms with Crippen molar-refractivity contribution in [1.82, 2.24) is 0 Å². The summed E-state index contributed by atoms with van der Waals surface area (Å²) in [6.07, 6.45) is 1.23. The first-order chi connectivity index (χ1) is 6.77. The fourth-order valence-electron chi connectivity index (χ4n) is 1.40. The van der Waals surface area contributed by atoms with Gasteiger partial charge < -0.3 is 10.2 Å². The van der Waals surface area contributed by atoms with Gasteiger partial charge in [-0.2, -0.15) is 0 Å². The zero-order valence-corrected chi connectivity index (χ0v) is 9.27. The summed E-state index contributed by atoms with van der Waals surface area (Å²) in [5, 5.41) is 19.0. The van der Waals surface area contributed by atoms with Gasteiger partial charge in [-0.15, -0.1) is 23.5 Å². The van der Waals surface area contributed by atoms with Crippen molar-refractivity contribution < 1.29 is 10.2 Å². The first kappa shape index (κ1) is 10.1. The van der Waals surface area contributed by atoms with Gasteiger partial charge in [0.05, 0.1) is 4.58 Å². The van der Waals surface area contributed by atoms with Gasteiger partial charge in [-0.3, -0.25) is 0 Å². The highest BCUT2D eigenvalue weighted by molar-refractivity contribution is 8.16. The van der Waals surface area contributed by atoms with E-state index < -0.39 is 0 Å². The van der Waals surface area contributed by atoms with Crippen LogP contribution in [0.5, 0.6) is 11.5 Å². The van der Waals surface area contributed by atoms with E-state index in [-0.39, 0.29) is 16.1 Å². The highest BCUT2D eigenvalue weighted by Gasteiger charge is 2.19. The van der Waals surface area contributed by atoms with Crippen LogP contribution in [-0.4, -0.2) is 21.7 Å². The van der Waals surface area contributed by atoms with Gasteiger partial charge in [0.2, 0.25) is 0 Å². The molecule has 1 aliphatic rings. The zero-order chi connectivity index (χ0) is 9.97. The number of phenolic OH excluding ortho intramolecular Hbond substituents is 2. The molecular weight excluding hydrogens is 216 g/mol. The minimum atomic E-state index is 0.226. The maximum absolute atomic E-state index is 9.65. The lowest BCUT2D eigenvalue weighted by atomic mass is 10.2. The van der Waals surface area contributed by atoms with Crippen LogP contribution in [-0.2, 0) is 0 Å². The quantitative estimate of drug-likeness (QED) is 0.725. The monoisotopic (exact) mass is 228 g/mol. The number of hydrogen-bond donors (Lipinski definition) is 2. The summed E-state index contributed by atoms with van der Waals surface area (Å²) in [6.45, 7) is 0. The molecule has 1 aliphatic heterocycles. The fraction of sp³-hybridized carbons (Fsp3) is 0.400. The molecule has 0 radical (unpaired) electrons. The van der Waals surface area contributed by atoms with Gasteiger partial charge in [0, 0.05) is 5.56 Å². The summed E-state index contributed by atoms with van der Waals surface area (Å²) in [7, 11) is 0. The first-order valence-corrected chi connectivity index (χ1v) is 6.62. The van der Waals surface area contributed by atoms with Crippen molar-refractivity contribution in [2.45, 2.75) is 11.0 Å². The van der Waals surface area contributed by atoms with E-state index in [9.17, 15) is 10.2 Å². The van der Waals surface area contributed by atoms with Gasteiger partial charge >= 0.3 is 0 Å². The van der Waals surface area contributed by atoms with E-state index in [1.165, 1.54) is 12.5 Å². The second kappa shape index (κ2) is 4.36.